The molecule has 0 bridgehead atoms. The molecular weight excluding hydrogens is 256 g/mol. The number of esters is 1. The van der Waals surface area contributed by atoms with Gasteiger partial charge in [-0.15, -0.1) is 0 Å². The zero-order valence-electron chi connectivity index (χ0n) is 10.3. The third kappa shape index (κ3) is 3.34. The van der Waals surface area contributed by atoms with E-state index in [0.29, 0.717) is 16.3 Å². The van der Waals surface area contributed by atoms with Crippen LogP contribution in [0.25, 0.3) is 0 Å². The summed E-state index contributed by atoms with van der Waals surface area (Å²) in [6.45, 7) is 1.81. The first kappa shape index (κ1) is 14.3. The van der Waals surface area contributed by atoms with E-state index < -0.39 is 5.97 Å². The van der Waals surface area contributed by atoms with Crippen molar-refractivity contribution in [2.45, 2.75) is 6.92 Å². The molecule has 0 radical (unpaired) electrons. The first-order valence-electron chi connectivity index (χ1n) is 5.14. The molecule has 0 aromatic heterocycles. The molecule has 0 amide bonds. The molecule has 0 aliphatic heterocycles. The van der Waals surface area contributed by atoms with Crippen LogP contribution in [0.5, 0.6) is 5.75 Å². The van der Waals surface area contributed by atoms with Gasteiger partial charge >= 0.3 is 5.97 Å². The lowest BCUT2D eigenvalue weighted by atomic mass is 10.1. The van der Waals surface area contributed by atoms with Gasteiger partial charge in [0, 0.05) is 11.1 Å². The van der Waals surface area contributed by atoms with E-state index in [4.69, 9.17) is 16.3 Å². The second-order valence-electron chi connectivity index (χ2n) is 3.52. The van der Waals surface area contributed by atoms with Crippen molar-refractivity contribution >= 4 is 23.4 Å². The minimum absolute atomic E-state index is 0.299. The Balaban J connectivity index is 3.09. The molecule has 0 unspecified atom stereocenters. The first-order chi connectivity index (χ1) is 8.49. The van der Waals surface area contributed by atoms with E-state index >= 15 is 0 Å². The van der Waals surface area contributed by atoms with Gasteiger partial charge in [0.2, 0.25) is 0 Å². The molecular formula is C13H13ClO4. The van der Waals surface area contributed by atoms with Gasteiger partial charge in [0.05, 0.1) is 19.8 Å². The minimum atomic E-state index is -0.597. The van der Waals surface area contributed by atoms with Crippen LogP contribution < -0.4 is 4.74 Å². The second-order valence-corrected chi connectivity index (χ2v) is 3.93. The molecule has 1 aromatic carbocycles. The molecule has 5 heteroatoms. The fourth-order valence-corrected chi connectivity index (χ4v) is 1.48. The van der Waals surface area contributed by atoms with E-state index in [-0.39, 0.29) is 5.78 Å². The van der Waals surface area contributed by atoms with Crippen LogP contribution in [0.15, 0.2) is 24.3 Å². The Bertz CT molecular complexity index is 506. The molecule has 0 saturated heterocycles. The molecule has 0 atom stereocenters. The molecule has 4 nitrogen and oxygen atoms in total. The van der Waals surface area contributed by atoms with E-state index in [1.165, 1.54) is 20.3 Å². The summed E-state index contributed by atoms with van der Waals surface area (Å²) in [5.41, 5.74) is 1.11. The van der Waals surface area contributed by atoms with E-state index in [1.54, 1.807) is 6.07 Å². The molecule has 0 aliphatic rings. The Kier molecular flexibility index (Phi) is 4.92. The predicted molar refractivity (Wildman–Crippen MR) is 68.2 cm³/mol. The lowest BCUT2D eigenvalue weighted by molar-refractivity contribution is -0.134. The van der Waals surface area contributed by atoms with Gasteiger partial charge in [0.25, 0.3) is 0 Å². The average molecular weight is 269 g/mol. The topological polar surface area (TPSA) is 52.6 Å². The van der Waals surface area contributed by atoms with Crippen LogP contribution >= 0.6 is 11.6 Å². The summed E-state index contributed by atoms with van der Waals surface area (Å²) >= 11 is 5.95. The Labute approximate surface area is 110 Å². The Morgan fingerprint density at radius 2 is 1.89 bits per heavy atom. The maximum absolute atomic E-state index is 11.9. The first-order valence-corrected chi connectivity index (χ1v) is 5.52. The molecule has 0 N–H and O–H groups in total. The largest absolute Gasteiger partial charge is 0.496 e. The maximum atomic E-state index is 11.9. The number of allylic oxidation sites excluding steroid dienone is 1. The number of halogens is 1. The van der Waals surface area contributed by atoms with Gasteiger partial charge in [0.15, 0.2) is 5.78 Å². The number of aryl methyl sites for hydroxylation is 1. The molecule has 1 rings (SSSR count). The van der Waals surface area contributed by atoms with E-state index in [2.05, 4.69) is 4.74 Å². The molecule has 0 fully saturated rings. The van der Waals surface area contributed by atoms with Gasteiger partial charge in [-0.25, -0.2) is 4.79 Å². The summed E-state index contributed by atoms with van der Waals surface area (Å²) in [5, 5.41) is 0.464. The van der Waals surface area contributed by atoms with Crippen molar-refractivity contribution in [3.63, 3.8) is 0 Å². The number of carbonyl (C=O) groups is 2. The van der Waals surface area contributed by atoms with Crippen LogP contribution in [0, 0.1) is 6.92 Å². The van der Waals surface area contributed by atoms with Crippen molar-refractivity contribution in [1.29, 1.82) is 0 Å². The fourth-order valence-electron chi connectivity index (χ4n) is 1.32. The van der Waals surface area contributed by atoms with Crippen LogP contribution in [0.4, 0.5) is 0 Å². The number of hydrogen-bond donors (Lipinski definition) is 0. The number of ether oxygens (including phenoxy) is 2. The van der Waals surface area contributed by atoms with E-state index in [1.807, 2.05) is 6.92 Å². The molecule has 0 aliphatic carbocycles. The lowest BCUT2D eigenvalue weighted by Gasteiger charge is -2.08. The summed E-state index contributed by atoms with van der Waals surface area (Å²) in [4.78, 5) is 22.8. The predicted octanol–water partition coefficient (Wildman–Crippen LogP) is 2.57. The molecule has 0 spiro atoms. The highest BCUT2D eigenvalue weighted by atomic mass is 35.5. The highest BCUT2D eigenvalue weighted by Gasteiger charge is 2.12. The van der Waals surface area contributed by atoms with Crippen LogP contribution in [-0.4, -0.2) is 26.0 Å². The second kappa shape index (κ2) is 6.21. The molecule has 0 saturated carbocycles. The number of hydrogen-bond acceptors (Lipinski definition) is 4. The lowest BCUT2D eigenvalue weighted by Crippen LogP contribution is -2.02. The summed E-state index contributed by atoms with van der Waals surface area (Å²) < 4.78 is 9.51. The maximum Gasteiger partial charge on any atom is 0.330 e. The quantitative estimate of drug-likeness (QED) is 0.478. The van der Waals surface area contributed by atoms with Gasteiger partial charge in [-0.1, -0.05) is 11.6 Å². The number of methoxy groups -OCH3 is 2. The van der Waals surface area contributed by atoms with Crippen LogP contribution in [0.3, 0.4) is 0 Å². The summed E-state index contributed by atoms with van der Waals surface area (Å²) in [7, 11) is 2.70. The monoisotopic (exact) mass is 268 g/mol. The van der Waals surface area contributed by atoms with Crippen molar-refractivity contribution in [2.75, 3.05) is 14.2 Å². The zero-order valence-corrected chi connectivity index (χ0v) is 11.1. The number of benzene rings is 1. The summed E-state index contributed by atoms with van der Waals surface area (Å²) in [5.74, 6) is -0.559. The standard InChI is InChI=1S/C13H13ClO4/c1-8-6-12(17-2)9(7-10(8)14)11(15)4-5-13(16)18-3/h4-7H,1-3H3/b5-4+. The van der Waals surface area contributed by atoms with Gasteiger partial charge in [0.1, 0.15) is 5.75 Å². The van der Waals surface area contributed by atoms with E-state index in [9.17, 15) is 9.59 Å². The highest BCUT2D eigenvalue weighted by molar-refractivity contribution is 6.32. The number of ketones is 1. The van der Waals surface area contributed by atoms with Crippen LogP contribution in [0.2, 0.25) is 5.02 Å². The van der Waals surface area contributed by atoms with Crippen molar-refractivity contribution in [3.05, 3.63) is 40.4 Å². The third-order valence-electron chi connectivity index (χ3n) is 2.32. The van der Waals surface area contributed by atoms with Crippen LogP contribution in [0.1, 0.15) is 15.9 Å². The van der Waals surface area contributed by atoms with Crippen LogP contribution in [-0.2, 0) is 9.53 Å². The summed E-state index contributed by atoms with van der Waals surface area (Å²) in [6, 6.07) is 3.18. The Hall–Kier alpha value is -1.81. The number of rotatable bonds is 4. The van der Waals surface area contributed by atoms with Gasteiger partial charge in [-0.05, 0) is 30.7 Å². The number of carbonyl (C=O) groups excluding carboxylic acids is 2. The molecule has 96 valence electrons. The van der Waals surface area contributed by atoms with Crippen molar-refractivity contribution in [3.8, 4) is 5.75 Å². The average Bonchev–Trinajstić information content (AvgIpc) is 2.37. The van der Waals surface area contributed by atoms with Gasteiger partial charge < -0.3 is 9.47 Å². The van der Waals surface area contributed by atoms with Crippen molar-refractivity contribution in [2.24, 2.45) is 0 Å². The smallest absolute Gasteiger partial charge is 0.330 e. The van der Waals surface area contributed by atoms with Crippen molar-refractivity contribution < 1.29 is 19.1 Å². The molecule has 1 aromatic rings. The van der Waals surface area contributed by atoms with Gasteiger partial charge in [-0.3, -0.25) is 4.79 Å². The Morgan fingerprint density at radius 1 is 1.22 bits per heavy atom. The third-order valence-corrected chi connectivity index (χ3v) is 2.73. The zero-order chi connectivity index (χ0) is 13.7. The molecule has 0 heterocycles. The highest BCUT2D eigenvalue weighted by Crippen LogP contribution is 2.27. The molecule has 18 heavy (non-hydrogen) atoms. The summed E-state index contributed by atoms with van der Waals surface area (Å²) in [6.07, 6.45) is 2.17. The van der Waals surface area contributed by atoms with E-state index in [0.717, 1.165) is 17.7 Å². The van der Waals surface area contributed by atoms with Gasteiger partial charge in [-0.2, -0.15) is 0 Å². The minimum Gasteiger partial charge on any atom is -0.496 e. The normalized spacial score (nSPS) is 10.4. The van der Waals surface area contributed by atoms with Crippen molar-refractivity contribution in [1.82, 2.24) is 0 Å². The SMILES string of the molecule is COC(=O)/C=C/C(=O)c1cc(Cl)c(C)cc1OC. The Morgan fingerprint density at radius 3 is 2.44 bits per heavy atom. The fraction of sp³-hybridized carbons (Fsp3) is 0.231.